The average Bonchev–Trinajstić information content (AvgIpc) is 2.45. The number of aromatic nitrogens is 2. The van der Waals surface area contributed by atoms with Crippen molar-refractivity contribution in [1.82, 2.24) is 9.78 Å². The van der Waals surface area contributed by atoms with E-state index in [2.05, 4.69) is 5.10 Å². The minimum absolute atomic E-state index is 0.224. The Labute approximate surface area is 85.5 Å². The highest BCUT2D eigenvalue weighted by atomic mass is 19.3. The fraction of sp³-hybridized carbons (Fsp3) is 0.556. The molecule has 84 valence electrons. The predicted octanol–water partition coefficient (Wildman–Crippen LogP) is 2.27. The van der Waals surface area contributed by atoms with Gasteiger partial charge in [0, 0.05) is 6.07 Å². The van der Waals surface area contributed by atoms with Crippen molar-refractivity contribution in [1.29, 1.82) is 0 Å². The fourth-order valence-electron chi connectivity index (χ4n) is 1.17. The molecule has 6 heteroatoms. The molecule has 0 aliphatic carbocycles. The van der Waals surface area contributed by atoms with Crippen molar-refractivity contribution in [3.05, 3.63) is 17.5 Å². The molecule has 15 heavy (non-hydrogen) atoms. The number of nitrogens with zero attached hydrogens (tertiary/aromatic N) is 2. The van der Waals surface area contributed by atoms with Gasteiger partial charge in [-0.2, -0.15) is 5.10 Å². The molecule has 1 aromatic rings. The summed E-state index contributed by atoms with van der Waals surface area (Å²) in [4.78, 5) is 10.8. The van der Waals surface area contributed by atoms with Crippen LogP contribution < -0.4 is 0 Å². The van der Waals surface area contributed by atoms with Crippen LogP contribution in [0.4, 0.5) is 8.78 Å². The van der Waals surface area contributed by atoms with Crippen LogP contribution in [0.2, 0.25) is 0 Å². The number of hydrogen-bond donors (Lipinski definition) is 1. The number of hydrogen-bond acceptors (Lipinski definition) is 2. The van der Waals surface area contributed by atoms with E-state index in [1.807, 2.05) is 0 Å². The summed E-state index contributed by atoms with van der Waals surface area (Å²) in [7, 11) is 0. The molecular weight excluding hydrogens is 206 g/mol. The standard InChI is InChI=1S/C9H12F2N2O2/c1-9(2,3)13-6(8(14)15)4-5(12-13)7(10)11/h4,7H,1-3H3,(H,14,15). The van der Waals surface area contributed by atoms with Crippen LogP contribution in [0.3, 0.4) is 0 Å². The van der Waals surface area contributed by atoms with E-state index >= 15 is 0 Å². The summed E-state index contributed by atoms with van der Waals surface area (Å²) in [6, 6.07) is 0.901. The zero-order valence-electron chi connectivity index (χ0n) is 8.66. The minimum atomic E-state index is -2.76. The molecule has 0 atom stereocenters. The number of rotatable bonds is 2. The average molecular weight is 218 g/mol. The number of aromatic carboxylic acids is 1. The Kier molecular flexibility index (Phi) is 2.79. The monoisotopic (exact) mass is 218 g/mol. The summed E-state index contributed by atoms with van der Waals surface area (Å²) in [5.74, 6) is -1.26. The lowest BCUT2D eigenvalue weighted by Crippen LogP contribution is -2.27. The summed E-state index contributed by atoms with van der Waals surface area (Å²) in [6.45, 7) is 5.09. The molecule has 0 fully saturated rings. The van der Waals surface area contributed by atoms with Crippen molar-refractivity contribution in [3.63, 3.8) is 0 Å². The van der Waals surface area contributed by atoms with Gasteiger partial charge in [0.15, 0.2) is 0 Å². The molecule has 1 N–H and O–H groups in total. The van der Waals surface area contributed by atoms with Gasteiger partial charge in [0.1, 0.15) is 11.4 Å². The first-order valence-electron chi connectivity index (χ1n) is 4.35. The van der Waals surface area contributed by atoms with Gasteiger partial charge in [-0.3, -0.25) is 4.68 Å². The van der Waals surface area contributed by atoms with Crippen molar-refractivity contribution in [2.24, 2.45) is 0 Å². The molecule has 0 saturated heterocycles. The summed E-state index contributed by atoms with van der Waals surface area (Å²) < 4.78 is 25.8. The highest BCUT2D eigenvalue weighted by molar-refractivity contribution is 5.85. The van der Waals surface area contributed by atoms with Crippen LogP contribution >= 0.6 is 0 Å². The van der Waals surface area contributed by atoms with Gasteiger partial charge in [0.2, 0.25) is 0 Å². The predicted molar refractivity (Wildman–Crippen MR) is 49.1 cm³/mol. The topological polar surface area (TPSA) is 55.1 Å². The Morgan fingerprint density at radius 3 is 2.33 bits per heavy atom. The van der Waals surface area contributed by atoms with E-state index in [0.717, 1.165) is 10.7 Å². The quantitative estimate of drug-likeness (QED) is 0.828. The summed E-state index contributed by atoms with van der Waals surface area (Å²) in [5, 5.41) is 12.4. The Balaban J connectivity index is 3.30. The molecule has 0 unspecified atom stereocenters. The van der Waals surface area contributed by atoms with Crippen LogP contribution in [0.5, 0.6) is 0 Å². The van der Waals surface area contributed by atoms with Crippen molar-refractivity contribution in [2.45, 2.75) is 32.7 Å². The first kappa shape index (κ1) is 11.6. The van der Waals surface area contributed by atoms with E-state index in [1.54, 1.807) is 20.8 Å². The third kappa shape index (κ3) is 2.31. The zero-order chi connectivity index (χ0) is 11.8. The molecule has 1 rings (SSSR count). The van der Waals surface area contributed by atoms with Crippen molar-refractivity contribution in [2.75, 3.05) is 0 Å². The fourth-order valence-corrected chi connectivity index (χ4v) is 1.17. The normalized spacial score (nSPS) is 12.1. The first-order chi connectivity index (χ1) is 6.73. The largest absolute Gasteiger partial charge is 0.477 e. The van der Waals surface area contributed by atoms with Gasteiger partial charge in [0.25, 0.3) is 6.43 Å². The first-order valence-corrected chi connectivity index (χ1v) is 4.35. The molecule has 1 heterocycles. The van der Waals surface area contributed by atoms with Gasteiger partial charge >= 0.3 is 5.97 Å². The number of carbonyl (C=O) groups is 1. The Hall–Kier alpha value is -1.46. The maximum absolute atomic E-state index is 12.3. The second kappa shape index (κ2) is 3.60. The van der Waals surface area contributed by atoms with E-state index in [1.165, 1.54) is 0 Å². The number of carboxylic acid groups (broad SMARTS) is 1. The molecule has 0 aliphatic rings. The SMILES string of the molecule is CC(C)(C)n1nc(C(F)F)cc1C(=O)O. The van der Waals surface area contributed by atoms with Gasteiger partial charge < -0.3 is 5.11 Å². The number of carboxylic acids is 1. The molecule has 0 saturated carbocycles. The number of halogens is 2. The molecule has 1 aromatic heterocycles. The molecule has 0 spiro atoms. The van der Waals surface area contributed by atoms with Crippen LogP contribution in [-0.2, 0) is 5.54 Å². The second-order valence-electron chi connectivity index (χ2n) is 4.14. The van der Waals surface area contributed by atoms with Gasteiger partial charge in [-0.25, -0.2) is 13.6 Å². The summed E-state index contributed by atoms with van der Waals surface area (Å²) in [6.07, 6.45) is -2.76. The molecule has 0 aromatic carbocycles. The van der Waals surface area contributed by atoms with Crippen molar-refractivity contribution in [3.8, 4) is 0 Å². The van der Waals surface area contributed by atoms with Crippen LogP contribution in [0.15, 0.2) is 6.07 Å². The maximum Gasteiger partial charge on any atom is 0.354 e. The highest BCUT2D eigenvalue weighted by Crippen LogP contribution is 2.23. The van der Waals surface area contributed by atoms with Crippen LogP contribution in [0.1, 0.15) is 43.4 Å². The minimum Gasteiger partial charge on any atom is -0.477 e. The lowest BCUT2D eigenvalue weighted by molar-refractivity contribution is 0.0674. The summed E-state index contributed by atoms with van der Waals surface area (Å²) >= 11 is 0. The van der Waals surface area contributed by atoms with Gasteiger partial charge in [0.05, 0.1) is 5.54 Å². The smallest absolute Gasteiger partial charge is 0.354 e. The Morgan fingerprint density at radius 2 is 2.07 bits per heavy atom. The Morgan fingerprint density at radius 1 is 1.53 bits per heavy atom. The van der Waals surface area contributed by atoms with Crippen molar-refractivity contribution < 1.29 is 18.7 Å². The maximum atomic E-state index is 12.3. The van der Waals surface area contributed by atoms with Gasteiger partial charge in [-0.15, -0.1) is 0 Å². The third-order valence-electron chi connectivity index (χ3n) is 1.81. The van der Waals surface area contributed by atoms with Crippen LogP contribution in [-0.4, -0.2) is 20.9 Å². The molecule has 4 nitrogen and oxygen atoms in total. The van der Waals surface area contributed by atoms with Crippen LogP contribution in [0.25, 0.3) is 0 Å². The van der Waals surface area contributed by atoms with Gasteiger partial charge in [-0.1, -0.05) is 0 Å². The molecule has 0 bridgehead atoms. The van der Waals surface area contributed by atoms with E-state index in [9.17, 15) is 13.6 Å². The second-order valence-corrected chi connectivity index (χ2v) is 4.14. The third-order valence-corrected chi connectivity index (χ3v) is 1.81. The lowest BCUT2D eigenvalue weighted by Gasteiger charge is -2.20. The molecular formula is C9H12F2N2O2. The number of alkyl halides is 2. The highest BCUT2D eigenvalue weighted by Gasteiger charge is 2.25. The molecule has 0 aliphatic heterocycles. The summed E-state index contributed by atoms with van der Waals surface area (Å²) in [5.41, 5.74) is -1.37. The van der Waals surface area contributed by atoms with Crippen LogP contribution in [0, 0.1) is 0 Å². The lowest BCUT2D eigenvalue weighted by atomic mass is 10.1. The van der Waals surface area contributed by atoms with E-state index in [-0.39, 0.29) is 5.69 Å². The Bertz CT molecular complexity index is 380. The molecule has 0 radical (unpaired) electrons. The van der Waals surface area contributed by atoms with Crippen molar-refractivity contribution >= 4 is 5.97 Å². The van der Waals surface area contributed by atoms with E-state index < -0.39 is 23.6 Å². The zero-order valence-corrected chi connectivity index (χ0v) is 8.66. The van der Waals surface area contributed by atoms with E-state index in [4.69, 9.17) is 5.11 Å². The van der Waals surface area contributed by atoms with Gasteiger partial charge in [-0.05, 0) is 20.8 Å². The molecule has 0 amide bonds. The van der Waals surface area contributed by atoms with E-state index in [0.29, 0.717) is 0 Å².